The Morgan fingerprint density at radius 2 is 1.91 bits per heavy atom. The van der Waals surface area contributed by atoms with E-state index in [0.29, 0.717) is 60.6 Å². The maximum Gasteiger partial charge on any atom is 0.315 e. The van der Waals surface area contributed by atoms with Gasteiger partial charge in [0.2, 0.25) is 5.76 Å². The van der Waals surface area contributed by atoms with E-state index in [9.17, 15) is 14.4 Å². The summed E-state index contributed by atoms with van der Waals surface area (Å²) in [6, 6.07) is 11.6. The molecule has 3 N–H and O–H groups in total. The number of urea groups is 1. The fourth-order valence-corrected chi connectivity index (χ4v) is 5.11. The van der Waals surface area contributed by atoms with Gasteiger partial charge in [0, 0.05) is 51.8 Å². The molecule has 234 valence electrons. The maximum atomic E-state index is 13.3. The first-order valence-corrected chi connectivity index (χ1v) is 14.5. The summed E-state index contributed by atoms with van der Waals surface area (Å²) >= 11 is 0. The Morgan fingerprint density at radius 3 is 2.70 bits per heavy atom. The molecule has 4 bridgehead atoms. The second-order valence-corrected chi connectivity index (χ2v) is 10.6. The number of benzene rings is 2. The van der Waals surface area contributed by atoms with Gasteiger partial charge in [0.1, 0.15) is 23.9 Å². The molecule has 2 aliphatic heterocycles. The fourth-order valence-electron chi connectivity index (χ4n) is 5.11. The van der Waals surface area contributed by atoms with E-state index in [2.05, 4.69) is 20.9 Å². The number of oxazole rings is 1. The number of nitrogens with zero attached hydrogens (tertiary/aromatic N) is 2. The van der Waals surface area contributed by atoms with Gasteiger partial charge in [0.15, 0.2) is 5.89 Å². The van der Waals surface area contributed by atoms with Crippen molar-refractivity contribution < 1.29 is 37.7 Å². The Labute approximate surface area is 255 Å². The van der Waals surface area contributed by atoms with Gasteiger partial charge in [-0.15, -0.1) is 0 Å². The molecule has 0 unspecified atom stereocenters. The van der Waals surface area contributed by atoms with Crippen LogP contribution in [-0.4, -0.2) is 86.4 Å². The van der Waals surface area contributed by atoms with E-state index in [1.54, 1.807) is 50.1 Å². The number of carbonyl (C=O) groups is 3. The molecule has 2 aliphatic rings. The summed E-state index contributed by atoms with van der Waals surface area (Å²) in [6.07, 6.45) is -0.0336. The smallest absolute Gasteiger partial charge is 0.315 e. The zero-order chi connectivity index (χ0) is 31.1. The van der Waals surface area contributed by atoms with Crippen molar-refractivity contribution in [3.05, 3.63) is 70.9 Å². The van der Waals surface area contributed by atoms with E-state index in [4.69, 9.17) is 23.4 Å². The number of likely N-dealkylation sites (tertiary alicyclic amines) is 1. The molecule has 2 atom stereocenters. The first-order chi connectivity index (χ1) is 21.3. The van der Waals surface area contributed by atoms with Crippen LogP contribution in [-0.2, 0) is 16.1 Å². The Morgan fingerprint density at radius 1 is 1.07 bits per heavy atom. The predicted octanol–water partition coefficient (Wildman–Crippen LogP) is 2.95. The van der Waals surface area contributed by atoms with Crippen molar-refractivity contribution in [3.63, 3.8) is 0 Å². The van der Waals surface area contributed by atoms with Gasteiger partial charge in [-0.05, 0) is 43.2 Å². The van der Waals surface area contributed by atoms with Crippen molar-refractivity contribution in [2.45, 2.75) is 39.0 Å². The highest BCUT2D eigenvalue weighted by Gasteiger charge is 2.35. The average Bonchev–Trinajstić information content (AvgIpc) is 3.35. The van der Waals surface area contributed by atoms with Crippen molar-refractivity contribution in [1.82, 2.24) is 25.8 Å². The number of fused-ring (bicyclic) bond motifs is 5. The number of aryl methyl sites for hydroxylation is 2. The molecule has 13 nitrogen and oxygen atoms in total. The number of hydrogen-bond donors (Lipinski definition) is 3. The lowest BCUT2D eigenvalue weighted by molar-refractivity contribution is -0.0242. The van der Waals surface area contributed by atoms with Crippen LogP contribution < -0.4 is 25.4 Å². The molecule has 1 aromatic heterocycles. The van der Waals surface area contributed by atoms with Crippen LogP contribution in [0.15, 0.2) is 46.9 Å². The maximum absolute atomic E-state index is 13.3. The highest BCUT2D eigenvalue weighted by atomic mass is 16.5. The molecule has 3 aromatic rings. The highest BCUT2D eigenvalue weighted by molar-refractivity contribution is 5.95. The van der Waals surface area contributed by atoms with Crippen LogP contribution in [0.4, 0.5) is 4.79 Å². The third-order valence-electron chi connectivity index (χ3n) is 7.25. The van der Waals surface area contributed by atoms with Crippen molar-refractivity contribution in [2.24, 2.45) is 0 Å². The zero-order valence-corrected chi connectivity index (χ0v) is 25.0. The molecule has 4 amide bonds. The van der Waals surface area contributed by atoms with Crippen LogP contribution in [0.2, 0.25) is 0 Å². The molecule has 1 saturated heterocycles. The van der Waals surface area contributed by atoms with E-state index in [0.717, 1.165) is 5.56 Å². The second kappa shape index (κ2) is 14.2. The molecule has 5 rings (SSSR count). The van der Waals surface area contributed by atoms with Gasteiger partial charge < -0.3 is 44.2 Å². The molecule has 0 saturated carbocycles. The summed E-state index contributed by atoms with van der Waals surface area (Å²) < 4.78 is 28.9. The van der Waals surface area contributed by atoms with Crippen molar-refractivity contribution in [2.75, 3.05) is 46.5 Å². The average molecular weight is 608 g/mol. The Kier molecular flexibility index (Phi) is 9.97. The number of amides is 4. The number of rotatable bonds is 5. The van der Waals surface area contributed by atoms with Gasteiger partial charge in [-0.3, -0.25) is 9.59 Å². The van der Waals surface area contributed by atoms with Gasteiger partial charge in [-0.25, -0.2) is 9.78 Å². The van der Waals surface area contributed by atoms with Crippen LogP contribution in [0.5, 0.6) is 17.2 Å². The van der Waals surface area contributed by atoms with Crippen LogP contribution in [0.1, 0.15) is 44.5 Å². The predicted molar refractivity (Wildman–Crippen MR) is 158 cm³/mol. The zero-order valence-electron chi connectivity index (χ0n) is 25.0. The van der Waals surface area contributed by atoms with E-state index in [-0.39, 0.29) is 49.9 Å². The Balaban J connectivity index is 1.37. The molecule has 3 heterocycles. The Bertz CT molecular complexity index is 1490. The monoisotopic (exact) mass is 607 g/mol. The molecule has 44 heavy (non-hydrogen) atoms. The lowest BCUT2D eigenvalue weighted by atomic mass is 10.0. The van der Waals surface area contributed by atoms with Crippen molar-refractivity contribution in [3.8, 4) is 17.2 Å². The second-order valence-electron chi connectivity index (χ2n) is 10.6. The third-order valence-corrected chi connectivity index (χ3v) is 7.25. The van der Waals surface area contributed by atoms with Gasteiger partial charge in [0.05, 0.1) is 31.1 Å². The summed E-state index contributed by atoms with van der Waals surface area (Å²) in [5.41, 5.74) is 1.70. The molecule has 0 spiro atoms. The lowest BCUT2D eigenvalue weighted by Gasteiger charge is -2.38. The minimum absolute atomic E-state index is 0.197. The number of ether oxygens (including phenoxy) is 4. The molecule has 13 heteroatoms. The van der Waals surface area contributed by atoms with Crippen LogP contribution in [0.25, 0.3) is 0 Å². The van der Waals surface area contributed by atoms with Gasteiger partial charge in [-0.1, -0.05) is 12.1 Å². The number of hydrogen-bond acceptors (Lipinski definition) is 9. The summed E-state index contributed by atoms with van der Waals surface area (Å²) in [5.74, 6) is 1.43. The third kappa shape index (κ3) is 7.85. The first kappa shape index (κ1) is 30.8. The highest BCUT2D eigenvalue weighted by Crippen LogP contribution is 2.29. The summed E-state index contributed by atoms with van der Waals surface area (Å²) in [5, 5.41) is 8.57. The minimum atomic E-state index is -0.505. The molecule has 0 aliphatic carbocycles. The minimum Gasteiger partial charge on any atom is -0.491 e. The lowest BCUT2D eigenvalue weighted by Crippen LogP contribution is -2.58. The Hall–Kier alpha value is -4.62. The van der Waals surface area contributed by atoms with Crippen molar-refractivity contribution >= 4 is 17.8 Å². The van der Waals surface area contributed by atoms with E-state index in [1.165, 1.54) is 0 Å². The van der Waals surface area contributed by atoms with Crippen LogP contribution in [0.3, 0.4) is 0 Å². The summed E-state index contributed by atoms with van der Waals surface area (Å²) in [4.78, 5) is 44.9. The molecule has 0 radical (unpaired) electrons. The molecule has 1 fully saturated rings. The summed E-state index contributed by atoms with van der Waals surface area (Å²) in [7, 11) is 1.58. The number of nitrogens with one attached hydrogen (secondary N) is 3. The molecular formula is C31H37N5O8. The topological polar surface area (TPSA) is 153 Å². The summed E-state index contributed by atoms with van der Waals surface area (Å²) in [6.45, 7) is 5.36. The van der Waals surface area contributed by atoms with E-state index >= 15 is 0 Å². The van der Waals surface area contributed by atoms with E-state index < -0.39 is 12.1 Å². The number of aromatic nitrogens is 1. The first-order valence-electron chi connectivity index (χ1n) is 14.5. The van der Waals surface area contributed by atoms with Gasteiger partial charge in [-0.2, -0.15) is 0 Å². The van der Waals surface area contributed by atoms with Crippen molar-refractivity contribution in [1.29, 1.82) is 0 Å². The number of methoxy groups -OCH3 is 1. The van der Waals surface area contributed by atoms with Gasteiger partial charge >= 0.3 is 6.03 Å². The standard InChI is InChI=1S/C31H37N5O8/c1-19-28(43-20(2)34-19)30(38)36-10-7-26-27(17-36)42-18-21-5-4-6-23(13-21)44-25-15-22(14-24(16-25)41-12-11-40-3)29(37)32-8-9-33-31(39)35-26/h4-6,13-16,26-27H,7-12,17-18H2,1-3H3,(H,32,37)(H2,33,35,39)/t26-,27-/m0/s1. The normalized spacial score (nSPS) is 19.3. The van der Waals surface area contributed by atoms with Crippen LogP contribution in [0, 0.1) is 13.8 Å². The molecule has 2 aromatic carbocycles. The largest absolute Gasteiger partial charge is 0.491 e. The SMILES string of the molecule is COCCOc1cc2cc(c1)C(=O)NCCNC(=O)N[C@H]1CCN(C(=O)c3oc(C)nc3C)C[C@@H]1OCc1cccc(c1)O2. The number of piperidine rings is 1. The van der Waals surface area contributed by atoms with E-state index in [1.807, 2.05) is 18.2 Å². The fraction of sp³-hybridized carbons (Fsp3) is 0.419. The number of carbonyl (C=O) groups excluding carboxylic acids is 3. The van der Waals surface area contributed by atoms with Crippen LogP contribution >= 0.6 is 0 Å². The molecular weight excluding hydrogens is 570 g/mol. The quantitative estimate of drug-likeness (QED) is 0.372. The van der Waals surface area contributed by atoms with Gasteiger partial charge in [0.25, 0.3) is 11.8 Å².